The van der Waals surface area contributed by atoms with Gasteiger partial charge < -0.3 is 0 Å². The fraction of sp³-hybridized carbons (Fsp3) is 0.353. The van der Waals surface area contributed by atoms with Crippen molar-refractivity contribution < 1.29 is 8.42 Å². The first-order valence-corrected chi connectivity index (χ1v) is 10.2. The maximum absolute atomic E-state index is 12.8. The Labute approximate surface area is 154 Å². The summed E-state index contributed by atoms with van der Waals surface area (Å²) in [6.07, 6.45) is 0. The molecule has 0 radical (unpaired) electrons. The van der Waals surface area contributed by atoms with Crippen molar-refractivity contribution in [3.63, 3.8) is 0 Å². The summed E-state index contributed by atoms with van der Waals surface area (Å²) in [4.78, 5) is 11.4. The molecule has 0 bridgehead atoms. The summed E-state index contributed by atoms with van der Waals surface area (Å²) in [6.45, 7) is 5.40. The zero-order valence-corrected chi connectivity index (χ0v) is 16.5. The van der Waals surface area contributed by atoms with E-state index in [9.17, 15) is 13.3 Å². The molecule has 25 heavy (non-hydrogen) atoms. The Morgan fingerprint density at radius 2 is 1.88 bits per heavy atom. The van der Waals surface area contributed by atoms with Crippen molar-refractivity contribution >= 4 is 25.8 Å². The van der Waals surface area contributed by atoms with E-state index in [1.54, 1.807) is 6.92 Å². The first-order valence-electron chi connectivity index (χ1n) is 7.79. The fourth-order valence-electron chi connectivity index (χ4n) is 3.44. The molecule has 6 nitrogen and oxygen atoms in total. The van der Waals surface area contributed by atoms with Gasteiger partial charge in [-0.3, -0.25) is 5.10 Å². The lowest BCUT2D eigenvalue weighted by atomic mass is 9.87. The molecular formula is C17H18BrN3O3S. The lowest BCUT2D eigenvalue weighted by Crippen LogP contribution is -2.15. The highest BCUT2D eigenvalue weighted by Crippen LogP contribution is 2.44. The van der Waals surface area contributed by atoms with Gasteiger partial charge in [-0.1, -0.05) is 33.2 Å². The van der Waals surface area contributed by atoms with Crippen molar-refractivity contribution in [2.45, 2.75) is 32.7 Å². The number of aryl methyl sites for hydroxylation is 2. The van der Waals surface area contributed by atoms with Crippen LogP contribution in [0.3, 0.4) is 0 Å². The van der Waals surface area contributed by atoms with Crippen molar-refractivity contribution in [2.75, 3.05) is 5.75 Å². The van der Waals surface area contributed by atoms with Gasteiger partial charge >= 0.3 is 0 Å². The monoisotopic (exact) mass is 423 g/mol. The molecule has 0 saturated heterocycles. The van der Waals surface area contributed by atoms with E-state index in [2.05, 4.69) is 31.3 Å². The third-order valence-corrected chi connectivity index (χ3v) is 7.18. The molecule has 1 aliphatic rings. The number of benzene rings is 1. The van der Waals surface area contributed by atoms with Crippen LogP contribution in [0.25, 0.3) is 0 Å². The minimum atomic E-state index is -3.58. The van der Waals surface area contributed by atoms with E-state index >= 15 is 0 Å². The number of nitroso groups, excluding NO2 is 1. The molecule has 2 heterocycles. The normalized spacial score (nSPS) is 20.7. The number of sulfone groups is 1. The molecule has 2 unspecified atom stereocenters. The summed E-state index contributed by atoms with van der Waals surface area (Å²) in [5.74, 6) is -0.774. The van der Waals surface area contributed by atoms with Crippen LogP contribution in [0.4, 0.5) is 0 Å². The standard InChI is InChI=1S/C17H18BrN3O3S/c1-9-14(21-22)8-25(23,24)17(9)16(12-4-6-13(18)7-5-12)15-10(2)19-20-11(15)3/h4-7,14,16H,8H2,1-3H3,(H,19,20). The summed E-state index contributed by atoms with van der Waals surface area (Å²) in [5, 5.41) is 10.2. The van der Waals surface area contributed by atoms with E-state index < -0.39 is 21.8 Å². The van der Waals surface area contributed by atoms with Crippen LogP contribution in [-0.2, 0) is 9.84 Å². The smallest absolute Gasteiger partial charge is 0.178 e. The quantitative estimate of drug-likeness (QED) is 0.757. The molecule has 8 heteroatoms. The Morgan fingerprint density at radius 1 is 1.24 bits per heavy atom. The molecule has 0 fully saturated rings. The number of halogens is 1. The summed E-state index contributed by atoms with van der Waals surface area (Å²) >= 11 is 3.41. The van der Waals surface area contributed by atoms with Gasteiger partial charge in [0.15, 0.2) is 9.84 Å². The maximum Gasteiger partial charge on any atom is 0.178 e. The number of H-pyrrole nitrogens is 1. The van der Waals surface area contributed by atoms with Gasteiger partial charge in [-0.2, -0.15) is 10.0 Å². The number of nitrogens with zero attached hydrogens (tertiary/aromatic N) is 2. The average Bonchev–Trinajstić information content (AvgIpc) is 3.00. The van der Waals surface area contributed by atoms with Gasteiger partial charge in [-0.25, -0.2) is 8.42 Å². The molecule has 3 rings (SSSR count). The van der Waals surface area contributed by atoms with Gasteiger partial charge in [0.2, 0.25) is 0 Å². The highest BCUT2D eigenvalue weighted by atomic mass is 79.9. The number of rotatable bonds is 4. The number of allylic oxidation sites excluding steroid dienone is 1. The topological polar surface area (TPSA) is 92.2 Å². The Balaban J connectivity index is 2.31. The fourth-order valence-corrected chi connectivity index (χ4v) is 5.85. The van der Waals surface area contributed by atoms with E-state index in [1.807, 2.05) is 38.1 Å². The van der Waals surface area contributed by atoms with Crippen LogP contribution >= 0.6 is 15.9 Å². The minimum Gasteiger partial charge on any atom is -0.282 e. The van der Waals surface area contributed by atoms with E-state index in [4.69, 9.17) is 0 Å². The molecular weight excluding hydrogens is 406 g/mol. The van der Waals surface area contributed by atoms with E-state index in [0.29, 0.717) is 5.57 Å². The lowest BCUT2D eigenvalue weighted by Gasteiger charge is -2.21. The summed E-state index contributed by atoms with van der Waals surface area (Å²) in [5.41, 5.74) is 3.72. The van der Waals surface area contributed by atoms with Gasteiger partial charge in [-0.05, 0) is 44.0 Å². The minimum absolute atomic E-state index is 0.263. The molecule has 0 spiro atoms. The number of aromatic nitrogens is 2. The Hall–Kier alpha value is -1.80. The second-order valence-corrected chi connectivity index (χ2v) is 9.20. The molecule has 1 aromatic carbocycles. The Morgan fingerprint density at radius 3 is 2.36 bits per heavy atom. The SMILES string of the molecule is CC1=C(C(c2ccc(Br)cc2)c2c(C)n[nH]c2C)S(=O)(=O)CC1N=O. The largest absolute Gasteiger partial charge is 0.282 e. The second-order valence-electron chi connectivity index (χ2n) is 6.28. The second kappa shape index (κ2) is 6.49. The van der Waals surface area contributed by atoms with Crippen LogP contribution < -0.4 is 0 Å². The number of aromatic amines is 1. The van der Waals surface area contributed by atoms with Crippen molar-refractivity contribution in [1.82, 2.24) is 10.2 Å². The molecule has 1 N–H and O–H groups in total. The molecule has 2 aromatic rings. The molecule has 132 valence electrons. The van der Waals surface area contributed by atoms with Gasteiger partial charge in [0.25, 0.3) is 0 Å². The molecule has 0 saturated carbocycles. The first-order chi connectivity index (χ1) is 11.8. The van der Waals surface area contributed by atoms with Crippen molar-refractivity contribution in [3.8, 4) is 0 Å². The third-order valence-electron chi connectivity index (χ3n) is 4.67. The van der Waals surface area contributed by atoms with Crippen molar-refractivity contribution in [2.24, 2.45) is 5.18 Å². The molecule has 0 amide bonds. The van der Waals surface area contributed by atoms with Crippen LogP contribution in [0.2, 0.25) is 0 Å². The average molecular weight is 424 g/mol. The lowest BCUT2D eigenvalue weighted by molar-refractivity contribution is 0.600. The van der Waals surface area contributed by atoms with Crippen LogP contribution in [-0.4, -0.2) is 30.4 Å². The summed E-state index contributed by atoms with van der Waals surface area (Å²) in [7, 11) is -3.58. The highest BCUT2D eigenvalue weighted by Gasteiger charge is 2.42. The summed E-state index contributed by atoms with van der Waals surface area (Å²) in [6, 6.07) is 6.70. The Kier molecular flexibility index (Phi) is 4.68. The van der Waals surface area contributed by atoms with E-state index in [0.717, 1.165) is 27.0 Å². The zero-order valence-electron chi connectivity index (χ0n) is 14.1. The van der Waals surface area contributed by atoms with Gasteiger partial charge in [0.1, 0.15) is 6.04 Å². The predicted octanol–water partition coefficient (Wildman–Crippen LogP) is 3.76. The van der Waals surface area contributed by atoms with Gasteiger partial charge in [0.05, 0.1) is 16.4 Å². The van der Waals surface area contributed by atoms with Gasteiger partial charge in [-0.15, -0.1) is 0 Å². The van der Waals surface area contributed by atoms with Crippen LogP contribution in [0, 0.1) is 18.8 Å². The van der Waals surface area contributed by atoms with E-state index in [1.165, 1.54) is 0 Å². The zero-order chi connectivity index (χ0) is 18.4. The van der Waals surface area contributed by atoms with Crippen molar-refractivity contribution in [1.29, 1.82) is 0 Å². The molecule has 1 aliphatic heterocycles. The van der Waals surface area contributed by atoms with Crippen LogP contribution in [0.5, 0.6) is 0 Å². The number of hydrogen-bond donors (Lipinski definition) is 1. The predicted molar refractivity (Wildman–Crippen MR) is 100 cm³/mol. The molecule has 1 aromatic heterocycles. The third kappa shape index (κ3) is 3.08. The van der Waals surface area contributed by atoms with Crippen LogP contribution in [0.1, 0.15) is 35.4 Å². The van der Waals surface area contributed by atoms with Gasteiger partial charge in [0, 0.05) is 21.6 Å². The van der Waals surface area contributed by atoms with E-state index in [-0.39, 0.29) is 10.7 Å². The Bertz CT molecular complexity index is 942. The number of hydrogen-bond acceptors (Lipinski definition) is 5. The number of nitrogens with one attached hydrogen (secondary N) is 1. The highest BCUT2D eigenvalue weighted by molar-refractivity contribution is 9.10. The maximum atomic E-state index is 12.8. The molecule has 2 atom stereocenters. The summed E-state index contributed by atoms with van der Waals surface area (Å²) < 4.78 is 26.6. The van der Waals surface area contributed by atoms with Crippen LogP contribution in [0.15, 0.2) is 44.4 Å². The molecule has 0 aliphatic carbocycles. The van der Waals surface area contributed by atoms with Crippen molar-refractivity contribution in [3.05, 3.63) is 66.6 Å². The first kappa shape index (κ1) is 18.0.